The van der Waals surface area contributed by atoms with Crippen molar-refractivity contribution in [1.29, 1.82) is 0 Å². The first-order chi connectivity index (χ1) is 22.7. The number of aliphatic hydroxyl groups excluding tert-OH is 1. The van der Waals surface area contributed by atoms with Crippen molar-refractivity contribution in [2.75, 3.05) is 20.3 Å². The fourth-order valence-corrected chi connectivity index (χ4v) is 8.43. The Kier molecular flexibility index (Phi) is 7.33. The van der Waals surface area contributed by atoms with Crippen LogP contribution in [-0.2, 0) is 11.0 Å². The highest BCUT2D eigenvalue weighted by Crippen LogP contribution is 2.61. The Bertz CT molecular complexity index is 1910. The molecule has 1 saturated carbocycles. The molecule has 1 unspecified atom stereocenters. The first kappa shape index (κ1) is 28.9. The zero-order chi connectivity index (χ0) is 31.1. The lowest BCUT2D eigenvalue weighted by atomic mass is 9.67. The lowest BCUT2D eigenvalue weighted by molar-refractivity contribution is 0.162. The zero-order valence-corrected chi connectivity index (χ0v) is 26.4. The van der Waals surface area contributed by atoms with Gasteiger partial charge in [0.05, 0.1) is 13.7 Å². The Hall–Kier alpha value is -4.54. The van der Waals surface area contributed by atoms with Gasteiger partial charge in [0.15, 0.2) is 5.60 Å². The topological polar surface area (TPSA) is 47.9 Å². The first-order valence-corrected chi connectivity index (χ1v) is 16.7. The molecule has 5 aromatic carbocycles. The summed E-state index contributed by atoms with van der Waals surface area (Å²) in [6.45, 7) is 0.233. The van der Waals surface area contributed by atoms with Crippen LogP contribution in [0.15, 0.2) is 103 Å². The van der Waals surface area contributed by atoms with Crippen molar-refractivity contribution in [2.24, 2.45) is 0 Å². The minimum absolute atomic E-state index is 0.0249. The highest BCUT2D eigenvalue weighted by molar-refractivity contribution is 6.08. The number of hydrogen-bond acceptors (Lipinski definition) is 4. The minimum atomic E-state index is -0.870. The third-order valence-electron chi connectivity index (χ3n) is 10.5. The van der Waals surface area contributed by atoms with Crippen molar-refractivity contribution in [3.8, 4) is 28.4 Å². The van der Waals surface area contributed by atoms with E-state index in [0.717, 1.165) is 46.6 Å². The number of fused-ring (bicyclic) bond motifs is 10. The van der Waals surface area contributed by atoms with E-state index in [-0.39, 0.29) is 18.6 Å². The Balaban J connectivity index is 1.38. The molecule has 8 rings (SSSR count). The number of aliphatic hydroxyl groups is 1. The second-order valence-electron chi connectivity index (χ2n) is 12.9. The molecule has 0 saturated heterocycles. The van der Waals surface area contributed by atoms with Gasteiger partial charge in [-0.05, 0) is 70.8 Å². The van der Waals surface area contributed by atoms with E-state index in [9.17, 15) is 5.11 Å². The van der Waals surface area contributed by atoms with Crippen molar-refractivity contribution >= 4 is 16.8 Å². The van der Waals surface area contributed by atoms with Crippen LogP contribution in [0.5, 0.6) is 17.2 Å². The molecule has 1 aliphatic heterocycles. The maximum Gasteiger partial charge on any atom is 0.178 e. The van der Waals surface area contributed by atoms with Crippen molar-refractivity contribution in [1.82, 2.24) is 0 Å². The lowest BCUT2D eigenvalue weighted by Crippen LogP contribution is -2.35. The van der Waals surface area contributed by atoms with Crippen molar-refractivity contribution in [2.45, 2.75) is 56.0 Å². The van der Waals surface area contributed by atoms with Gasteiger partial charge in [0.2, 0.25) is 0 Å². The molecular weight excluding hydrogens is 568 g/mol. The predicted molar refractivity (Wildman–Crippen MR) is 185 cm³/mol. The zero-order valence-electron chi connectivity index (χ0n) is 26.4. The molecule has 5 aromatic rings. The molecule has 1 spiro atoms. The van der Waals surface area contributed by atoms with Gasteiger partial charge in [-0.15, -0.1) is 0 Å². The average Bonchev–Trinajstić information content (AvgIpc) is 3.40. The fourth-order valence-electron chi connectivity index (χ4n) is 8.43. The van der Waals surface area contributed by atoms with Gasteiger partial charge < -0.3 is 19.3 Å². The molecule has 4 nitrogen and oxygen atoms in total. The van der Waals surface area contributed by atoms with E-state index in [1.54, 1.807) is 7.11 Å². The van der Waals surface area contributed by atoms with Crippen LogP contribution in [0, 0.1) is 0 Å². The van der Waals surface area contributed by atoms with E-state index < -0.39 is 5.60 Å². The van der Waals surface area contributed by atoms with Crippen LogP contribution in [-0.4, -0.2) is 25.4 Å². The van der Waals surface area contributed by atoms with Crippen molar-refractivity contribution in [3.63, 3.8) is 0 Å². The van der Waals surface area contributed by atoms with Crippen LogP contribution in [0.4, 0.5) is 0 Å². The summed E-state index contributed by atoms with van der Waals surface area (Å²) in [7, 11) is 1.69. The van der Waals surface area contributed by atoms with E-state index in [0.29, 0.717) is 0 Å². The molecule has 0 aromatic heterocycles. The van der Waals surface area contributed by atoms with E-state index >= 15 is 0 Å². The third-order valence-corrected chi connectivity index (χ3v) is 10.5. The second kappa shape index (κ2) is 11.7. The van der Waals surface area contributed by atoms with E-state index in [1.165, 1.54) is 65.3 Å². The second-order valence-corrected chi connectivity index (χ2v) is 12.9. The van der Waals surface area contributed by atoms with Gasteiger partial charge in [-0.2, -0.15) is 0 Å². The Morgan fingerprint density at radius 1 is 0.717 bits per heavy atom. The quantitative estimate of drug-likeness (QED) is 0.209. The Labute approximate surface area is 271 Å². The summed E-state index contributed by atoms with van der Waals surface area (Å²) in [5.41, 5.74) is 8.07. The highest BCUT2D eigenvalue weighted by Gasteiger charge is 2.48. The molecule has 0 radical (unpaired) electrons. The molecule has 4 heteroatoms. The minimum Gasteiger partial charge on any atom is -0.497 e. The van der Waals surface area contributed by atoms with E-state index in [4.69, 9.17) is 14.2 Å². The summed E-state index contributed by atoms with van der Waals surface area (Å²) in [5, 5.41) is 11.7. The average molecular weight is 609 g/mol. The molecule has 1 heterocycles. The molecule has 1 atom stereocenters. The standard InChI is InChI=1S/C42H40O4/c1-44-31-19-15-29(16-20-31)42(30-17-21-32(22-18-30)45-28-27-43)26-23-36-39-38(33-11-5-6-12-34(33)40(36)46-42)35-13-7-8-14-37(35)41(39)24-9-3-2-4-10-25-41/h5-8,11-23,26,43H,2-4,9-10,24-25,27-28H2,1H3. The number of hydrogen-bond donors (Lipinski definition) is 1. The summed E-state index contributed by atoms with van der Waals surface area (Å²) < 4.78 is 18.8. The normalized spacial score (nSPS) is 19.4. The van der Waals surface area contributed by atoms with Gasteiger partial charge in [-0.25, -0.2) is 0 Å². The van der Waals surface area contributed by atoms with Gasteiger partial charge in [-0.1, -0.05) is 111 Å². The predicted octanol–water partition coefficient (Wildman–Crippen LogP) is 9.58. The molecule has 0 bridgehead atoms. The molecule has 232 valence electrons. The Morgan fingerprint density at radius 2 is 1.35 bits per heavy atom. The number of benzene rings is 5. The smallest absolute Gasteiger partial charge is 0.178 e. The monoisotopic (exact) mass is 608 g/mol. The lowest BCUT2D eigenvalue weighted by Gasteiger charge is -2.40. The molecule has 46 heavy (non-hydrogen) atoms. The summed E-state index contributed by atoms with van der Waals surface area (Å²) in [6.07, 6.45) is 13.3. The van der Waals surface area contributed by atoms with Gasteiger partial charge >= 0.3 is 0 Å². The maximum absolute atomic E-state index is 9.28. The molecule has 1 fully saturated rings. The first-order valence-electron chi connectivity index (χ1n) is 16.7. The van der Waals surface area contributed by atoms with Gasteiger partial charge in [-0.3, -0.25) is 0 Å². The van der Waals surface area contributed by atoms with Crippen LogP contribution in [0.2, 0.25) is 0 Å². The molecule has 2 aliphatic carbocycles. The van der Waals surface area contributed by atoms with Crippen LogP contribution in [0.1, 0.15) is 72.8 Å². The maximum atomic E-state index is 9.28. The summed E-state index contributed by atoms with van der Waals surface area (Å²) in [4.78, 5) is 0. The van der Waals surface area contributed by atoms with Crippen molar-refractivity contribution < 1.29 is 19.3 Å². The summed E-state index contributed by atoms with van der Waals surface area (Å²) in [5.74, 6) is 2.47. The third kappa shape index (κ3) is 4.46. The summed E-state index contributed by atoms with van der Waals surface area (Å²) in [6, 6.07) is 34.3. The Morgan fingerprint density at radius 3 is 2.04 bits per heavy atom. The van der Waals surface area contributed by atoms with Gasteiger partial charge in [0.1, 0.15) is 23.9 Å². The van der Waals surface area contributed by atoms with Gasteiger partial charge in [0, 0.05) is 27.5 Å². The fraction of sp³-hybridized carbons (Fsp3) is 0.286. The van der Waals surface area contributed by atoms with Crippen LogP contribution in [0.25, 0.3) is 28.0 Å². The highest BCUT2D eigenvalue weighted by atomic mass is 16.5. The molecule has 0 amide bonds. The molecular formula is C42H40O4. The number of ether oxygens (including phenoxy) is 3. The van der Waals surface area contributed by atoms with Crippen molar-refractivity contribution in [3.05, 3.63) is 131 Å². The molecule has 3 aliphatic rings. The van der Waals surface area contributed by atoms with Crippen LogP contribution in [0.3, 0.4) is 0 Å². The number of methoxy groups -OCH3 is 1. The SMILES string of the molecule is COc1ccc(C2(c3ccc(OCCO)cc3)C=Cc3c4c(c5ccccc5c3O2)-c2ccccc2C42CCCCCCC2)cc1. The van der Waals surface area contributed by atoms with Crippen LogP contribution < -0.4 is 14.2 Å². The van der Waals surface area contributed by atoms with E-state index in [1.807, 2.05) is 24.3 Å². The van der Waals surface area contributed by atoms with Gasteiger partial charge in [0.25, 0.3) is 0 Å². The van der Waals surface area contributed by atoms with Crippen LogP contribution >= 0.6 is 0 Å². The largest absolute Gasteiger partial charge is 0.497 e. The number of rotatable bonds is 6. The van der Waals surface area contributed by atoms with E-state index in [2.05, 4.69) is 84.9 Å². The summed E-state index contributed by atoms with van der Waals surface area (Å²) >= 11 is 0. The molecule has 1 N–H and O–H groups in total.